The van der Waals surface area contributed by atoms with Crippen LogP contribution in [0.25, 0.3) is 10.9 Å². The molecular weight excluding hydrogens is 329 g/mol. The maximum atomic E-state index is 6.39. The highest BCUT2D eigenvalue weighted by atomic mass is 35.5. The number of rotatable bonds is 3. The Labute approximate surface area is 137 Å². The lowest BCUT2D eigenvalue weighted by atomic mass is 10.2. The van der Waals surface area contributed by atoms with Crippen LogP contribution < -0.4 is 5.32 Å². The molecule has 3 aromatic rings. The van der Waals surface area contributed by atoms with Crippen LogP contribution in [0.4, 0.5) is 5.69 Å². The minimum absolute atomic E-state index is 0.354. The molecule has 2 aromatic heterocycles. The number of aryl methyl sites for hydroxylation is 1. The molecule has 0 spiro atoms. The van der Waals surface area contributed by atoms with E-state index in [2.05, 4.69) is 15.3 Å². The first-order chi connectivity index (χ1) is 10.1. The van der Waals surface area contributed by atoms with Crippen molar-refractivity contribution in [3.8, 4) is 0 Å². The van der Waals surface area contributed by atoms with E-state index in [9.17, 15) is 0 Å². The molecule has 2 heterocycles. The molecule has 0 aliphatic rings. The van der Waals surface area contributed by atoms with Gasteiger partial charge in [-0.2, -0.15) is 0 Å². The summed E-state index contributed by atoms with van der Waals surface area (Å²) in [7, 11) is 0. The van der Waals surface area contributed by atoms with Gasteiger partial charge < -0.3 is 10.3 Å². The smallest absolute Gasteiger partial charge is 0.154 e. The standard InChI is InChI=1S/C15H12Cl3N3/c1-8-6-12(16)21-15(18)14(8)19-7-11-13(17)9-4-2-3-5-10(9)20-11/h2-6,19-20H,7H2,1H3. The number of anilines is 1. The molecule has 1 aromatic carbocycles. The highest BCUT2D eigenvalue weighted by Gasteiger charge is 2.11. The van der Waals surface area contributed by atoms with Crippen LogP contribution in [0, 0.1) is 6.92 Å². The van der Waals surface area contributed by atoms with Crippen LogP contribution in [0.2, 0.25) is 15.3 Å². The van der Waals surface area contributed by atoms with Gasteiger partial charge in [-0.25, -0.2) is 4.98 Å². The zero-order valence-electron chi connectivity index (χ0n) is 11.2. The summed E-state index contributed by atoms with van der Waals surface area (Å²) < 4.78 is 0. The summed E-state index contributed by atoms with van der Waals surface area (Å²) in [5.41, 5.74) is 3.61. The minimum atomic E-state index is 0.354. The monoisotopic (exact) mass is 339 g/mol. The van der Waals surface area contributed by atoms with Gasteiger partial charge in [-0.05, 0) is 24.6 Å². The number of H-pyrrole nitrogens is 1. The largest absolute Gasteiger partial charge is 0.377 e. The summed E-state index contributed by atoms with van der Waals surface area (Å²) in [5, 5.41) is 5.72. The van der Waals surface area contributed by atoms with Gasteiger partial charge in [0.05, 0.1) is 22.9 Å². The van der Waals surface area contributed by atoms with Crippen molar-refractivity contribution in [2.75, 3.05) is 5.32 Å². The van der Waals surface area contributed by atoms with Crippen LogP contribution in [0.1, 0.15) is 11.3 Å². The third-order valence-electron chi connectivity index (χ3n) is 3.30. The lowest BCUT2D eigenvalue weighted by Crippen LogP contribution is -2.03. The number of fused-ring (bicyclic) bond motifs is 1. The molecule has 0 aliphatic carbocycles. The van der Waals surface area contributed by atoms with E-state index in [0.717, 1.165) is 27.8 Å². The molecule has 0 saturated heterocycles. The van der Waals surface area contributed by atoms with E-state index < -0.39 is 0 Å². The number of nitrogens with one attached hydrogen (secondary N) is 2. The SMILES string of the molecule is Cc1cc(Cl)nc(Cl)c1NCc1[nH]c2ccccc2c1Cl. The van der Waals surface area contributed by atoms with Crippen LogP contribution in [0.5, 0.6) is 0 Å². The summed E-state index contributed by atoms with van der Waals surface area (Å²) in [6.45, 7) is 2.45. The fourth-order valence-electron chi connectivity index (χ4n) is 2.27. The predicted octanol–water partition coefficient (Wildman–Crippen LogP) is 5.44. The highest BCUT2D eigenvalue weighted by molar-refractivity contribution is 6.36. The molecule has 0 fully saturated rings. The molecule has 0 bridgehead atoms. The third kappa shape index (κ3) is 2.82. The molecule has 0 atom stereocenters. The number of halogens is 3. The summed E-state index contributed by atoms with van der Waals surface area (Å²) in [4.78, 5) is 7.34. The Morgan fingerprint density at radius 2 is 1.95 bits per heavy atom. The second-order valence-electron chi connectivity index (χ2n) is 4.74. The Bertz CT molecular complexity index is 788. The number of aromatic amines is 1. The molecule has 21 heavy (non-hydrogen) atoms. The molecule has 108 valence electrons. The van der Waals surface area contributed by atoms with E-state index in [1.807, 2.05) is 31.2 Å². The van der Waals surface area contributed by atoms with Gasteiger partial charge in [0.25, 0.3) is 0 Å². The van der Waals surface area contributed by atoms with E-state index in [1.165, 1.54) is 0 Å². The average Bonchev–Trinajstić information content (AvgIpc) is 2.75. The van der Waals surface area contributed by atoms with Crippen molar-refractivity contribution in [1.29, 1.82) is 0 Å². The molecule has 3 nitrogen and oxygen atoms in total. The third-order valence-corrected chi connectivity index (χ3v) is 4.20. The number of aromatic nitrogens is 2. The van der Waals surface area contributed by atoms with Crippen LogP contribution in [0.3, 0.4) is 0 Å². The highest BCUT2D eigenvalue weighted by Crippen LogP contribution is 2.30. The van der Waals surface area contributed by atoms with Gasteiger partial charge in [0.2, 0.25) is 0 Å². The van der Waals surface area contributed by atoms with Crippen LogP contribution in [-0.4, -0.2) is 9.97 Å². The van der Waals surface area contributed by atoms with Gasteiger partial charge in [-0.15, -0.1) is 0 Å². The molecule has 0 aliphatic heterocycles. The number of para-hydroxylation sites is 1. The molecule has 0 saturated carbocycles. The summed E-state index contributed by atoms with van der Waals surface area (Å²) >= 11 is 18.4. The first-order valence-corrected chi connectivity index (χ1v) is 7.51. The van der Waals surface area contributed by atoms with Crippen LogP contribution in [-0.2, 0) is 6.54 Å². The molecule has 3 rings (SSSR count). The lowest BCUT2D eigenvalue weighted by Gasteiger charge is -2.10. The maximum absolute atomic E-state index is 6.39. The van der Waals surface area contributed by atoms with Crippen molar-refractivity contribution >= 4 is 51.4 Å². The Balaban J connectivity index is 1.89. The van der Waals surface area contributed by atoms with E-state index in [0.29, 0.717) is 21.9 Å². The van der Waals surface area contributed by atoms with Gasteiger partial charge >= 0.3 is 0 Å². The van der Waals surface area contributed by atoms with E-state index in [4.69, 9.17) is 34.8 Å². The number of nitrogens with zero attached hydrogens (tertiary/aromatic N) is 1. The summed E-state index contributed by atoms with van der Waals surface area (Å²) in [5.74, 6) is 0. The van der Waals surface area contributed by atoms with Crippen molar-refractivity contribution in [2.45, 2.75) is 13.5 Å². The maximum Gasteiger partial charge on any atom is 0.154 e. The predicted molar refractivity (Wildman–Crippen MR) is 89.6 cm³/mol. The average molecular weight is 341 g/mol. The number of benzene rings is 1. The van der Waals surface area contributed by atoms with E-state index in [-0.39, 0.29) is 0 Å². The van der Waals surface area contributed by atoms with Crippen molar-refractivity contribution in [3.05, 3.63) is 56.9 Å². The number of hydrogen-bond donors (Lipinski definition) is 2. The molecule has 6 heteroatoms. The van der Waals surface area contributed by atoms with Crippen LogP contribution in [0.15, 0.2) is 30.3 Å². The van der Waals surface area contributed by atoms with Gasteiger partial charge in [0.1, 0.15) is 5.15 Å². The molecule has 0 radical (unpaired) electrons. The second-order valence-corrected chi connectivity index (χ2v) is 5.87. The second kappa shape index (κ2) is 5.76. The molecule has 2 N–H and O–H groups in total. The molecular formula is C15H12Cl3N3. The van der Waals surface area contributed by atoms with Gasteiger partial charge in [-0.3, -0.25) is 0 Å². The lowest BCUT2D eigenvalue weighted by molar-refractivity contribution is 1.07. The van der Waals surface area contributed by atoms with Crippen molar-refractivity contribution < 1.29 is 0 Å². The summed E-state index contributed by atoms with van der Waals surface area (Å²) in [6, 6.07) is 9.68. The van der Waals surface area contributed by atoms with Crippen LogP contribution >= 0.6 is 34.8 Å². The van der Waals surface area contributed by atoms with E-state index >= 15 is 0 Å². The normalized spacial score (nSPS) is 11.0. The molecule has 0 unspecified atom stereocenters. The van der Waals surface area contributed by atoms with Gasteiger partial charge in [0.15, 0.2) is 5.15 Å². The quantitative estimate of drug-likeness (QED) is 0.623. The Kier molecular flexibility index (Phi) is 3.98. The summed E-state index contributed by atoms with van der Waals surface area (Å²) in [6.07, 6.45) is 0. The van der Waals surface area contributed by atoms with Gasteiger partial charge in [-0.1, -0.05) is 53.0 Å². The van der Waals surface area contributed by atoms with Crippen molar-refractivity contribution in [3.63, 3.8) is 0 Å². The Morgan fingerprint density at radius 1 is 1.19 bits per heavy atom. The zero-order chi connectivity index (χ0) is 15.0. The zero-order valence-corrected chi connectivity index (χ0v) is 13.4. The van der Waals surface area contributed by atoms with E-state index in [1.54, 1.807) is 6.07 Å². The van der Waals surface area contributed by atoms with Gasteiger partial charge in [0, 0.05) is 10.9 Å². The Morgan fingerprint density at radius 3 is 2.67 bits per heavy atom. The van der Waals surface area contributed by atoms with Crippen molar-refractivity contribution in [1.82, 2.24) is 9.97 Å². The topological polar surface area (TPSA) is 40.7 Å². The minimum Gasteiger partial charge on any atom is -0.377 e. The fourth-order valence-corrected chi connectivity index (χ4v) is 3.15. The first kappa shape index (κ1) is 14.5. The first-order valence-electron chi connectivity index (χ1n) is 6.38. The fraction of sp³-hybridized carbons (Fsp3) is 0.133. The Hall–Kier alpha value is -1.42. The number of hydrogen-bond acceptors (Lipinski definition) is 2. The van der Waals surface area contributed by atoms with Crippen molar-refractivity contribution in [2.24, 2.45) is 0 Å². The molecule has 0 amide bonds. The number of pyridine rings is 1.